The second-order valence-electron chi connectivity index (χ2n) is 26.5. The monoisotopic (exact) mass is 1330 g/mol. The minimum atomic E-state index is -1.45. The van der Waals surface area contributed by atoms with Crippen LogP contribution in [-0.2, 0) is 57.7 Å². The van der Waals surface area contributed by atoms with Gasteiger partial charge in [0.15, 0.2) is 40.8 Å². The average molecular weight is 1330 g/mol. The fraction of sp³-hybridized carbons (Fsp3) is 0.486. The predicted molar refractivity (Wildman–Crippen MR) is 357 cm³/mol. The molecule has 1 spiro atoms. The summed E-state index contributed by atoms with van der Waals surface area (Å²) in [5, 5.41) is 17.5. The Morgan fingerprint density at radius 2 is 1.36 bits per heavy atom. The molecule has 0 unspecified atom stereocenters. The molecule has 4 aromatic rings. The SMILES string of the molecule is COc1ccc(C2=CN3C(=O)c4cc(OC)c(OCCCCCOc5cc6c(cc5OC)C(=O)N5CC7(CC7)C[C@H]5[C@@H](O)N6C(=O)OCc5ccc(CC(=O)[C@H](C)NC(=O)[C@@H](CC(=O)CNC(=O)CCC(=O)CCCCCN6C(=O)C=CC6=O)C(C)C)cc5)cc4CC[C@@H]3C2)cc1. The maximum atomic E-state index is 14.5. The summed E-state index contributed by atoms with van der Waals surface area (Å²) in [6.07, 6.45) is 10.3. The summed E-state index contributed by atoms with van der Waals surface area (Å²) in [5.74, 6) is -1.58. The van der Waals surface area contributed by atoms with Gasteiger partial charge in [0.1, 0.15) is 18.1 Å². The van der Waals surface area contributed by atoms with Crippen LogP contribution in [0.3, 0.4) is 0 Å². The van der Waals surface area contributed by atoms with Crippen molar-refractivity contribution in [1.29, 1.82) is 0 Å². The number of benzene rings is 4. The lowest BCUT2D eigenvalue weighted by Crippen LogP contribution is -2.50. The molecule has 23 nitrogen and oxygen atoms in total. The number of imide groups is 1. The molecule has 1 aliphatic carbocycles. The molecule has 2 fully saturated rings. The molecule has 516 valence electrons. The van der Waals surface area contributed by atoms with Crippen molar-refractivity contribution in [3.8, 4) is 28.7 Å². The number of ether oxygens (including phenoxy) is 6. The van der Waals surface area contributed by atoms with Gasteiger partial charge in [-0.1, -0.05) is 56.7 Å². The van der Waals surface area contributed by atoms with Crippen LogP contribution in [0.15, 0.2) is 91.1 Å². The van der Waals surface area contributed by atoms with Crippen LogP contribution in [0.1, 0.15) is 160 Å². The van der Waals surface area contributed by atoms with E-state index in [4.69, 9.17) is 28.4 Å². The average Bonchev–Trinajstić information content (AvgIpc) is 1.56. The topological polar surface area (TPSA) is 283 Å². The first kappa shape index (κ1) is 70.4. The Balaban J connectivity index is 0.680. The van der Waals surface area contributed by atoms with Crippen molar-refractivity contribution in [1.82, 2.24) is 25.3 Å². The van der Waals surface area contributed by atoms with Gasteiger partial charge in [0.25, 0.3) is 23.6 Å². The Kier molecular flexibility index (Phi) is 23.0. The standard InChI is InChI=1S/C74H88N6O17/c1-45(2)56(36-54(82)41-75-66(84)25-22-53(81)13-9-7-10-30-77-67(85)26-27-68(77)86)69(87)76-46(3)61(83)33-47-14-16-48(17-15-47)43-97-73(91)80-59-39-65(63(94-6)38-58(59)71(89)79-44-74(28-29-74)40-60(79)72(80)90)96-32-12-8-11-31-95-64-35-50-18-21-52-34-51(49-19-23-55(92-4)24-20-49)42-78(52)70(88)57(50)37-62(64)93-5/h14-17,19-20,23-24,26-27,35,37-39,42,45-46,52,56,60,72,90H,7-13,18,21-22,25,28-34,36,40-41,43-44H2,1-6H3,(H,75,84)(H,76,87)/t46-,52+,56-,60-,72+/m0/s1. The van der Waals surface area contributed by atoms with Gasteiger partial charge >= 0.3 is 6.09 Å². The molecule has 0 aromatic heterocycles. The summed E-state index contributed by atoms with van der Waals surface area (Å²) in [4.78, 5) is 137. The number of methoxy groups -OCH3 is 3. The third kappa shape index (κ3) is 17.1. The lowest BCUT2D eigenvalue weighted by atomic mass is 9.89. The summed E-state index contributed by atoms with van der Waals surface area (Å²) in [5.41, 5.74) is 5.02. The van der Waals surface area contributed by atoms with Crippen molar-refractivity contribution in [2.24, 2.45) is 17.3 Å². The number of amides is 7. The zero-order valence-corrected chi connectivity index (χ0v) is 56.2. The Labute approximate surface area is 565 Å². The van der Waals surface area contributed by atoms with Crippen molar-refractivity contribution in [2.75, 3.05) is 59.1 Å². The Bertz CT molecular complexity index is 3690. The van der Waals surface area contributed by atoms with Gasteiger partial charge in [0, 0.05) is 87.1 Å². The molecule has 0 radical (unpaired) electrons. The summed E-state index contributed by atoms with van der Waals surface area (Å²) in [6.45, 7) is 5.94. The summed E-state index contributed by atoms with van der Waals surface area (Å²) < 4.78 is 35.3. The highest BCUT2D eigenvalue weighted by molar-refractivity contribution is 6.13. The third-order valence-corrected chi connectivity index (χ3v) is 19.4. The normalized spacial score (nSPS) is 18.7. The van der Waals surface area contributed by atoms with Crippen LogP contribution in [0, 0.1) is 17.3 Å². The molecule has 1 saturated carbocycles. The Morgan fingerprint density at radius 3 is 2.02 bits per heavy atom. The lowest BCUT2D eigenvalue weighted by Gasteiger charge is -2.31. The van der Waals surface area contributed by atoms with Gasteiger partial charge in [-0.3, -0.25) is 48.1 Å². The number of fused-ring (bicyclic) bond motifs is 4. The zero-order chi connectivity index (χ0) is 69.1. The minimum absolute atomic E-state index is 0.00435. The van der Waals surface area contributed by atoms with Crippen molar-refractivity contribution in [3.05, 3.63) is 125 Å². The lowest BCUT2D eigenvalue weighted by molar-refractivity contribution is -0.137. The van der Waals surface area contributed by atoms with Crippen LogP contribution in [0.2, 0.25) is 0 Å². The number of aliphatic hydroxyl groups excluding tert-OH is 1. The fourth-order valence-electron chi connectivity index (χ4n) is 13.4. The van der Waals surface area contributed by atoms with E-state index < -0.39 is 42.1 Å². The number of ketones is 3. The van der Waals surface area contributed by atoms with Crippen molar-refractivity contribution >= 4 is 70.1 Å². The number of nitrogens with zero attached hydrogens (tertiary/aromatic N) is 4. The maximum Gasteiger partial charge on any atom is 0.416 e. The van der Waals surface area contributed by atoms with Gasteiger partial charge in [-0.05, 0) is 147 Å². The summed E-state index contributed by atoms with van der Waals surface area (Å²) >= 11 is 0. The van der Waals surface area contributed by atoms with E-state index in [9.17, 15) is 53.1 Å². The molecule has 1 saturated heterocycles. The number of hydrogen-bond donors (Lipinski definition) is 3. The van der Waals surface area contributed by atoms with Crippen molar-refractivity contribution in [3.63, 3.8) is 0 Å². The van der Waals surface area contributed by atoms with E-state index in [2.05, 4.69) is 10.6 Å². The van der Waals surface area contributed by atoms with E-state index in [1.54, 1.807) is 82.4 Å². The number of rotatable bonds is 33. The molecule has 0 bridgehead atoms. The molecular weight excluding hydrogens is 1240 g/mol. The van der Waals surface area contributed by atoms with Crippen LogP contribution in [0.5, 0.6) is 28.7 Å². The number of anilines is 1. The number of unbranched alkanes of at least 4 members (excludes halogenated alkanes) is 4. The van der Waals surface area contributed by atoms with Gasteiger partial charge in [-0.15, -0.1) is 0 Å². The van der Waals surface area contributed by atoms with Crippen LogP contribution in [0.4, 0.5) is 10.5 Å². The Morgan fingerprint density at radius 1 is 0.701 bits per heavy atom. The van der Waals surface area contributed by atoms with Gasteiger partial charge in [0.2, 0.25) is 11.8 Å². The van der Waals surface area contributed by atoms with Crippen LogP contribution >= 0.6 is 0 Å². The van der Waals surface area contributed by atoms with E-state index in [1.165, 1.54) is 19.3 Å². The van der Waals surface area contributed by atoms with E-state index in [0.29, 0.717) is 92.7 Å². The molecule has 5 aliphatic heterocycles. The minimum Gasteiger partial charge on any atom is -0.497 e. The van der Waals surface area contributed by atoms with Crippen molar-refractivity contribution < 1.29 is 81.5 Å². The highest BCUT2D eigenvalue weighted by Crippen LogP contribution is 2.57. The van der Waals surface area contributed by atoms with Gasteiger partial charge in [0.05, 0.1) is 64.4 Å². The molecule has 7 amide bonds. The molecule has 3 N–H and O–H groups in total. The fourth-order valence-corrected chi connectivity index (χ4v) is 13.4. The highest BCUT2D eigenvalue weighted by Gasteiger charge is 2.58. The van der Waals surface area contributed by atoms with Gasteiger partial charge < -0.3 is 54.0 Å². The number of carbonyl (C=O) groups is 10. The van der Waals surface area contributed by atoms with Crippen LogP contribution in [0.25, 0.3) is 5.57 Å². The third-order valence-electron chi connectivity index (χ3n) is 19.4. The second kappa shape index (κ2) is 31.7. The van der Waals surface area contributed by atoms with Crippen LogP contribution in [-0.4, -0.2) is 157 Å². The molecule has 10 rings (SSSR count). The van der Waals surface area contributed by atoms with E-state index in [1.807, 2.05) is 41.4 Å². The number of aliphatic hydroxyl groups is 1. The quantitative estimate of drug-likeness (QED) is 0.0297. The number of nitrogens with one attached hydrogen (secondary N) is 2. The molecule has 5 atom stereocenters. The molecular formula is C74H88N6O17. The summed E-state index contributed by atoms with van der Waals surface area (Å²) in [7, 11) is 4.67. The smallest absolute Gasteiger partial charge is 0.416 e. The van der Waals surface area contributed by atoms with Crippen LogP contribution < -0.4 is 39.2 Å². The second-order valence-corrected chi connectivity index (χ2v) is 26.5. The molecule has 97 heavy (non-hydrogen) atoms. The number of carbonyl (C=O) groups excluding carboxylic acids is 10. The van der Waals surface area contributed by atoms with Gasteiger partial charge in [-0.2, -0.15) is 0 Å². The zero-order valence-electron chi connectivity index (χ0n) is 56.2. The van der Waals surface area contributed by atoms with E-state index in [-0.39, 0.29) is 140 Å². The number of aryl methyl sites for hydroxylation is 1. The maximum absolute atomic E-state index is 14.5. The largest absolute Gasteiger partial charge is 0.497 e. The first-order valence-corrected chi connectivity index (χ1v) is 33.7. The molecule has 4 aromatic carbocycles. The summed E-state index contributed by atoms with van der Waals surface area (Å²) in [6, 6.07) is 19.9. The first-order valence-electron chi connectivity index (χ1n) is 33.7. The first-order chi connectivity index (χ1) is 46.7. The van der Waals surface area contributed by atoms with E-state index in [0.717, 1.165) is 57.9 Å². The predicted octanol–water partition coefficient (Wildman–Crippen LogP) is 8.81. The van der Waals surface area contributed by atoms with E-state index >= 15 is 0 Å². The molecule has 5 heterocycles. The number of Topliss-reactive ketones (excluding diaryl/α,β-unsaturated/α-hetero) is 3. The molecule has 6 aliphatic rings. The van der Waals surface area contributed by atoms with Gasteiger partial charge in [-0.25, -0.2) is 9.69 Å². The molecule has 23 heteroatoms. The number of hydrogen-bond acceptors (Lipinski definition) is 17. The Hall–Kier alpha value is -9.38. The van der Waals surface area contributed by atoms with Crippen molar-refractivity contribution in [2.45, 2.75) is 161 Å². The highest BCUT2D eigenvalue weighted by atomic mass is 16.6.